The molecule has 1 aromatic rings. The Bertz CT molecular complexity index is 433. The Hall–Kier alpha value is -1.39. The van der Waals surface area contributed by atoms with E-state index in [1.807, 2.05) is 12.1 Å². The van der Waals surface area contributed by atoms with Crippen LogP contribution >= 0.6 is 0 Å². The van der Waals surface area contributed by atoms with E-state index < -0.39 is 5.97 Å². The fourth-order valence-electron chi connectivity index (χ4n) is 2.65. The molecule has 1 aromatic carbocycles. The molecule has 0 amide bonds. The lowest BCUT2D eigenvalue weighted by atomic mass is 9.99. The van der Waals surface area contributed by atoms with Crippen molar-refractivity contribution in [1.82, 2.24) is 5.32 Å². The summed E-state index contributed by atoms with van der Waals surface area (Å²) in [7, 11) is 0. The smallest absolute Gasteiger partial charge is 0.336 e. The summed E-state index contributed by atoms with van der Waals surface area (Å²) in [6.07, 6.45) is 2.48. The minimum Gasteiger partial charge on any atom is -0.478 e. The third-order valence-electron chi connectivity index (χ3n) is 3.72. The number of ether oxygens (including phenoxy) is 1. The second kappa shape index (κ2) is 6.68. The van der Waals surface area contributed by atoms with Crippen molar-refractivity contribution in [1.29, 1.82) is 0 Å². The van der Waals surface area contributed by atoms with E-state index in [1.165, 1.54) is 0 Å². The summed E-state index contributed by atoms with van der Waals surface area (Å²) in [6.45, 7) is 4.46. The van der Waals surface area contributed by atoms with Gasteiger partial charge in [-0.15, -0.1) is 0 Å². The van der Waals surface area contributed by atoms with Crippen LogP contribution in [0.4, 0.5) is 0 Å². The van der Waals surface area contributed by atoms with E-state index >= 15 is 0 Å². The van der Waals surface area contributed by atoms with Crippen molar-refractivity contribution in [2.75, 3.05) is 13.2 Å². The molecule has 2 N–H and O–H groups in total. The molecule has 4 heteroatoms. The molecule has 2 unspecified atom stereocenters. The molecule has 2 rings (SSSR count). The summed E-state index contributed by atoms with van der Waals surface area (Å²) in [5.41, 5.74) is 1.21. The molecule has 104 valence electrons. The first-order valence-corrected chi connectivity index (χ1v) is 6.86. The van der Waals surface area contributed by atoms with Gasteiger partial charge in [-0.25, -0.2) is 4.79 Å². The molecular weight excluding hydrogens is 242 g/mol. The largest absolute Gasteiger partial charge is 0.478 e. The first kappa shape index (κ1) is 14.0. The number of aromatic carboxylic acids is 1. The summed E-state index contributed by atoms with van der Waals surface area (Å²) >= 11 is 0. The van der Waals surface area contributed by atoms with Gasteiger partial charge >= 0.3 is 5.97 Å². The maximum absolute atomic E-state index is 11.1. The number of carboxylic acids is 1. The lowest BCUT2D eigenvalue weighted by Gasteiger charge is -2.17. The number of rotatable bonds is 6. The van der Waals surface area contributed by atoms with Gasteiger partial charge in [0.15, 0.2) is 0 Å². The van der Waals surface area contributed by atoms with Gasteiger partial charge in [0.1, 0.15) is 0 Å². The molecule has 4 nitrogen and oxygen atoms in total. The van der Waals surface area contributed by atoms with Gasteiger partial charge in [0.05, 0.1) is 11.7 Å². The maximum Gasteiger partial charge on any atom is 0.336 e. The molecule has 0 bridgehead atoms. The monoisotopic (exact) mass is 263 g/mol. The zero-order valence-corrected chi connectivity index (χ0v) is 11.3. The Labute approximate surface area is 113 Å². The lowest BCUT2D eigenvalue weighted by Crippen LogP contribution is -2.28. The van der Waals surface area contributed by atoms with Crippen LogP contribution in [-0.2, 0) is 11.3 Å². The number of hydrogen-bond acceptors (Lipinski definition) is 3. The molecule has 2 atom stereocenters. The first-order valence-electron chi connectivity index (χ1n) is 6.86. The average Bonchev–Trinajstić information content (AvgIpc) is 2.86. The molecule has 19 heavy (non-hydrogen) atoms. The van der Waals surface area contributed by atoms with Crippen molar-refractivity contribution in [2.45, 2.75) is 32.4 Å². The van der Waals surface area contributed by atoms with E-state index in [2.05, 4.69) is 12.2 Å². The quantitative estimate of drug-likeness (QED) is 0.826. The molecule has 0 aromatic heterocycles. The fraction of sp³-hybridized carbons (Fsp3) is 0.533. The SMILES string of the molecule is CCC1OCCC1CNCc1ccccc1C(=O)O. The predicted molar refractivity (Wildman–Crippen MR) is 73.2 cm³/mol. The van der Waals surface area contributed by atoms with Gasteiger partial charge in [-0.1, -0.05) is 25.1 Å². The number of nitrogens with one attached hydrogen (secondary N) is 1. The topological polar surface area (TPSA) is 58.6 Å². The van der Waals surface area contributed by atoms with Gasteiger partial charge in [-0.3, -0.25) is 0 Å². The maximum atomic E-state index is 11.1. The predicted octanol–water partition coefficient (Wildman–Crippen LogP) is 2.29. The van der Waals surface area contributed by atoms with E-state index in [-0.39, 0.29) is 0 Å². The lowest BCUT2D eigenvalue weighted by molar-refractivity contribution is 0.0695. The van der Waals surface area contributed by atoms with Crippen molar-refractivity contribution in [3.05, 3.63) is 35.4 Å². The van der Waals surface area contributed by atoms with Crippen LogP contribution in [0.2, 0.25) is 0 Å². The highest BCUT2D eigenvalue weighted by Gasteiger charge is 2.26. The Morgan fingerprint density at radius 1 is 1.47 bits per heavy atom. The highest BCUT2D eigenvalue weighted by Crippen LogP contribution is 2.22. The van der Waals surface area contributed by atoms with Crippen molar-refractivity contribution in [3.8, 4) is 0 Å². The number of hydrogen-bond donors (Lipinski definition) is 2. The average molecular weight is 263 g/mol. The van der Waals surface area contributed by atoms with E-state index in [9.17, 15) is 4.79 Å². The third kappa shape index (κ3) is 3.55. The van der Waals surface area contributed by atoms with Crippen LogP contribution in [0.1, 0.15) is 35.7 Å². The van der Waals surface area contributed by atoms with Crippen molar-refractivity contribution in [2.24, 2.45) is 5.92 Å². The van der Waals surface area contributed by atoms with Gasteiger partial charge < -0.3 is 15.2 Å². The summed E-state index contributed by atoms with van der Waals surface area (Å²) in [4.78, 5) is 11.1. The minimum absolute atomic E-state index is 0.349. The van der Waals surface area contributed by atoms with Crippen LogP contribution in [0.3, 0.4) is 0 Å². The van der Waals surface area contributed by atoms with Crippen molar-refractivity contribution >= 4 is 5.97 Å². The molecular formula is C15H21NO3. The highest BCUT2D eigenvalue weighted by molar-refractivity contribution is 5.89. The first-order chi connectivity index (χ1) is 9.22. The zero-order chi connectivity index (χ0) is 13.7. The Balaban J connectivity index is 1.87. The van der Waals surface area contributed by atoms with Gasteiger partial charge in [0.2, 0.25) is 0 Å². The van der Waals surface area contributed by atoms with Gasteiger partial charge in [-0.05, 0) is 30.4 Å². The molecule has 0 aliphatic carbocycles. The molecule has 1 saturated heterocycles. The fourth-order valence-corrected chi connectivity index (χ4v) is 2.65. The summed E-state index contributed by atoms with van der Waals surface area (Å²) in [5.74, 6) is -0.324. The van der Waals surface area contributed by atoms with Crippen molar-refractivity contribution in [3.63, 3.8) is 0 Å². The minimum atomic E-state index is -0.868. The summed E-state index contributed by atoms with van der Waals surface area (Å²) in [5, 5.41) is 12.5. The third-order valence-corrected chi connectivity index (χ3v) is 3.72. The zero-order valence-electron chi connectivity index (χ0n) is 11.3. The second-order valence-electron chi connectivity index (χ2n) is 4.96. The van der Waals surface area contributed by atoms with Crippen LogP contribution in [-0.4, -0.2) is 30.3 Å². The molecule has 0 spiro atoms. The van der Waals surface area contributed by atoms with Crippen molar-refractivity contribution < 1.29 is 14.6 Å². The molecule has 0 radical (unpaired) electrons. The van der Waals surface area contributed by atoms with E-state index in [4.69, 9.17) is 9.84 Å². The Morgan fingerprint density at radius 2 is 2.26 bits per heavy atom. The second-order valence-corrected chi connectivity index (χ2v) is 4.96. The van der Waals surface area contributed by atoms with E-state index in [0.717, 1.165) is 31.6 Å². The summed E-state index contributed by atoms with van der Waals surface area (Å²) in [6, 6.07) is 7.13. The van der Waals surface area contributed by atoms with Gasteiger partial charge in [0.25, 0.3) is 0 Å². The standard InChI is InChI=1S/C15H21NO3/c1-2-14-12(7-8-19-14)10-16-9-11-5-3-4-6-13(11)15(17)18/h3-6,12,14,16H,2,7-10H2,1H3,(H,17,18). The van der Waals surface area contributed by atoms with Gasteiger partial charge in [-0.2, -0.15) is 0 Å². The van der Waals surface area contributed by atoms with Crippen LogP contribution in [0, 0.1) is 5.92 Å². The summed E-state index contributed by atoms with van der Waals surface area (Å²) < 4.78 is 5.65. The van der Waals surface area contributed by atoms with Crippen LogP contribution < -0.4 is 5.32 Å². The van der Waals surface area contributed by atoms with E-state index in [0.29, 0.717) is 24.1 Å². The molecule has 1 aliphatic rings. The highest BCUT2D eigenvalue weighted by atomic mass is 16.5. The number of benzene rings is 1. The molecule has 1 heterocycles. The molecule has 1 aliphatic heterocycles. The normalized spacial score (nSPS) is 22.6. The Morgan fingerprint density at radius 3 is 3.00 bits per heavy atom. The molecule has 0 saturated carbocycles. The Kier molecular flexibility index (Phi) is 4.93. The van der Waals surface area contributed by atoms with Crippen LogP contribution in [0.15, 0.2) is 24.3 Å². The van der Waals surface area contributed by atoms with Crippen LogP contribution in [0.25, 0.3) is 0 Å². The molecule has 1 fully saturated rings. The number of carbonyl (C=O) groups is 1. The van der Waals surface area contributed by atoms with Gasteiger partial charge in [0, 0.05) is 19.7 Å². The number of carboxylic acid groups (broad SMARTS) is 1. The van der Waals surface area contributed by atoms with E-state index in [1.54, 1.807) is 12.1 Å². The van der Waals surface area contributed by atoms with Crippen LogP contribution in [0.5, 0.6) is 0 Å².